The van der Waals surface area contributed by atoms with Gasteiger partial charge in [-0.3, -0.25) is 4.79 Å². The molecule has 0 bridgehead atoms. The molecule has 0 aromatic heterocycles. The van der Waals surface area contributed by atoms with E-state index < -0.39 is 23.8 Å². The summed E-state index contributed by atoms with van der Waals surface area (Å²) in [6, 6.07) is 9.69. The number of alkyl carbamates (subject to hydrolysis) is 1. The molecule has 1 atom stereocenters. The van der Waals surface area contributed by atoms with Crippen LogP contribution in [-0.2, 0) is 14.3 Å². The van der Waals surface area contributed by atoms with Crippen LogP contribution in [0.5, 0.6) is 0 Å². The van der Waals surface area contributed by atoms with E-state index in [-0.39, 0.29) is 6.54 Å². The Balaban J connectivity index is 2.63. The van der Waals surface area contributed by atoms with E-state index in [1.54, 1.807) is 26.8 Å². The van der Waals surface area contributed by atoms with Crippen LogP contribution in [0, 0.1) is 11.8 Å². The Labute approximate surface area is 162 Å². The lowest BCUT2D eigenvalue weighted by atomic mass is 10.2. The van der Waals surface area contributed by atoms with Gasteiger partial charge in [-0.05, 0) is 38.8 Å². The molecule has 0 aliphatic rings. The van der Waals surface area contributed by atoms with Crippen LogP contribution in [-0.4, -0.2) is 30.3 Å². The third kappa shape index (κ3) is 11.5. The quantitative estimate of drug-likeness (QED) is 0.440. The first kappa shape index (κ1) is 22.3. The van der Waals surface area contributed by atoms with Gasteiger partial charge in [-0.2, -0.15) is 0 Å². The minimum atomic E-state index is -0.671. The highest BCUT2D eigenvalue weighted by Crippen LogP contribution is 2.07. The summed E-state index contributed by atoms with van der Waals surface area (Å²) in [4.78, 5) is 23.7. The lowest BCUT2D eigenvalue weighted by molar-refractivity contribution is -0.143. The van der Waals surface area contributed by atoms with Crippen LogP contribution in [0.2, 0.25) is 0 Å². The van der Waals surface area contributed by atoms with E-state index in [9.17, 15) is 9.59 Å². The fourth-order valence-electron chi connectivity index (χ4n) is 1.96. The maximum absolute atomic E-state index is 12.0. The van der Waals surface area contributed by atoms with Crippen molar-refractivity contribution in [2.45, 2.75) is 58.7 Å². The first-order valence-electron chi connectivity index (χ1n) is 9.18. The van der Waals surface area contributed by atoms with E-state index in [4.69, 9.17) is 9.47 Å². The van der Waals surface area contributed by atoms with Gasteiger partial charge in [0.25, 0.3) is 0 Å². The normalized spacial score (nSPS) is 12.0. The third-order valence-electron chi connectivity index (χ3n) is 3.20. The van der Waals surface area contributed by atoms with Gasteiger partial charge in [-0.1, -0.05) is 61.6 Å². The van der Waals surface area contributed by atoms with E-state index in [2.05, 4.69) is 24.1 Å². The predicted molar refractivity (Wildman–Crippen MR) is 107 cm³/mol. The molecule has 0 spiro atoms. The second-order valence-corrected chi connectivity index (χ2v) is 6.96. The molecule has 27 heavy (non-hydrogen) atoms. The van der Waals surface area contributed by atoms with Crippen LogP contribution in [0.25, 0.3) is 6.08 Å². The zero-order valence-electron chi connectivity index (χ0n) is 16.6. The van der Waals surface area contributed by atoms with Crippen molar-refractivity contribution in [3.8, 4) is 11.8 Å². The number of ether oxygens (including phenoxy) is 2. The summed E-state index contributed by atoms with van der Waals surface area (Å²) in [6.45, 7) is 7.07. The number of nitrogens with one attached hydrogen (secondary N) is 1. The number of unbranched alkanes of at least 4 members (excludes halogenated alkanes) is 2. The second kappa shape index (κ2) is 11.8. The van der Waals surface area contributed by atoms with Crippen molar-refractivity contribution in [3.05, 3.63) is 42.0 Å². The Bertz CT molecular complexity index is 678. The second-order valence-electron chi connectivity index (χ2n) is 6.96. The third-order valence-corrected chi connectivity index (χ3v) is 3.20. The summed E-state index contributed by atoms with van der Waals surface area (Å²) < 4.78 is 10.5. The monoisotopic (exact) mass is 371 g/mol. The smallest absolute Gasteiger partial charge is 0.408 e. The van der Waals surface area contributed by atoms with E-state index in [1.807, 2.05) is 36.4 Å². The van der Waals surface area contributed by atoms with Crippen molar-refractivity contribution in [2.75, 3.05) is 6.54 Å². The van der Waals surface area contributed by atoms with Crippen LogP contribution < -0.4 is 5.32 Å². The highest BCUT2D eigenvalue weighted by Gasteiger charge is 2.17. The summed E-state index contributed by atoms with van der Waals surface area (Å²) in [5.74, 6) is 5.42. The molecule has 5 heteroatoms. The van der Waals surface area contributed by atoms with E-state index in [0.717, 1.165) is 24.8 Å². The first-order chi connectivity index (χ1) is 12.8. The molecule has 1 amide bonds. The highest BCUT2D eigenvalue weighted by atomic mass is 16.6. The minimum Gasteiger partial charge on any atom is -0.444 e. The van der Waals surface area contributed by atoms with E-state index in [1.165, 1.54) is 0 Å². The Morgan fingerprint density at radius 1 is 1.22 bits per heavy atom. The van der Waals surface area contributed by atoms with E-state index >= 15 is 0 Å². The van der Waals surface area contributed by atoms with Gasteiger partial charge in [-0.15, -0.1) is 0 Å². The molecule has 1 rings (SSSR count). The van der Waals surface area contributed by atoms with Gasteiger partial charge in [0.2, 0.25) is 0 Å². The average molecular weight is 371 g/mol. The molecule has 0 aliphatic carbocycles. The van der Waals surface area contributed by atoms with Gasteiger partial charge in [0.05, 0.1) is 0 Å². The zero-order valence-corrected chi connectivity index (χ0v) is 16.6. The standard InChI is InChI=1S/C22H29NO4/c1-5-6-7-11-14-19(16-15-18-12-9-8-10-13-18)26-20(24)17-23-21(25)27-22(2,3)4/h8-10,12-13,15-16,19H,5-7,17H2,1-4H3,(H,23,25)/b16-15+. The van der Waals surface area contributed by atoms with Gasteiger partial charge in [0, 0.05) is 6.42 Å². The molecule has 0 radical (unpaired) electrons. The Morgan fingerprint density at radius 2 is 1.93 bits per heavy atom. The molecule has 0 aliphatic heterocycles. The maximum atomic E-state index is 12.0. The number of benzene rings is 1. The number of hydrogen-bond donors (Lipinski definition) is 1. The molecule has 0 saturated carbocycles. The summed E-state index contributed by atoms with van der Waals surface area (Å²) in [7, 11) is 0. The Hall–Kier alpha value is -2.74. The summed E-state index contributed by atoms with van der Waals surface area (Å²) in [6.07, 6.45) is 5.06. The first-order valence-corrected chi connectivity index (χ1v) is 9.18. The molecular weight excluding hydrogens is 342 g/mol. The van der Waals surface area contributed by atoms with Crippen LogP contribution in [0.4, 0.5) is 4.79 Å². The molecule has 1 N–H and O–H groups in total. The van der Waals surface area contributed by atoms with Crippen molar-refractivity contribution in [2.24, 2.45) is 0 Å². The van der Waals surface area contributed by atoms with Crippen molar-refractivity contribution < 1.29 is 19.1 Å². The molecule has 0 fully saturated rings. The van der Waals surface area contributed by atoms with Gasteiger partial charge >= 0.3 is 12.1 Å². The maximum Gasteiger partial charge on any atom is 0.408 e. The number of carbonyl (C=O) groups excluding carboxylic acids is 2. The van der Waals surface area contributed by atoms with Crippen LogP contribution in [0.3, 0.4) is 0 Å². The molecule has 0 heterocycles. The number of carbonyl (C=O) groups is 2. The van der Waals surface area contributed by atoms with Crippen molar-refractivity contribution >= 4 is 18.1 Å². The van der Waals surface area contributed by atoms with Crippen molar-refractivity contribution in [1.29, 1.82) is 0 Å². The zero-order chi connectivity index (χ0) is 20.1. The average Bonchev–Trinajstić information content (AvgIpc) is 2.61. The van der Waals surface area contributed by atoms with Gasteiger partial charge in [-0.25, -0.2) is 4.79 Å². The topological polar surface area (TPSA) is 64.6 Å². The molecule has 5 nitrogen and oxygen atoms in total. The highest BCUT2D eigenvalue weighted by molar-refractivity contribution is 5.78. The number of hydrogen-bond acceptors (Lipinski definition) is 4. The lowest BCUT2D eigenvalue weighted by Crippen LogP contribution is -2.36. The minimum absolute atomic E-state index is 0.277. The SMILES string of the molecule is CCCCC#CC(/C=C/c1ccccc1)OC(=O)CNC(=O)OC(C)(C)C. The fraction of sp³-hybridized carbons (Fsp3) is 0.455. The molecule has 1 aromatic carbocycles. The lowest BCUT2D eigenvalue weighted by Gasteiger charge is -2.19. The molecular formula is C22H29NO4. The van der Waals surface area contributed by atoms with Crippen LogP contribution in [0.15, 0.2) is 36.4 Å². The molecule has 0 saturated heterocycles. The fourth-order valence-corrected chi connectivity index (χ4v) is 1.96. The van der Waals surface area contributed by atoms with Gasteiger partial charge < -0.3 is 14.8 Å². The molecule has 1 aromatic rings. The Morgan fingerprint density at radius 3 is 2.56 bits per heavy atom. The number of rotatable bonds is 7. The number of amides is 1. The summed E-state index contributed by atoms with van der Waals surface area (Å²) in [5.41, 5.74) is 0.362. The number of esters is 1. The van der Waals surface area contributed by atoms with Gasteiger partial charge in [0.1, 0.15) is 12.1 Å². The largest absolute Gasteiger partial charge is 0.444 e. The van der Waals surface area contributed by atoms with Gasteiger partial charge in [0.15, 0.2) is 6.10 Å². The summed E-state index contributed by atoms with van der Waals surface area (Å²) >= 11 is 0. The van der Waals surface area contributed by atoms with Crippen molar-refractivity contribution in [3.63, 3.8) is 0 Å². The molecule has 146 valence electrons. The van der Waals surface area contributed by atoms with E-state index in [0.29, 0.717) is 0 Å². The Kier molecular flexibility index (Phi) is 9.74. The predicted octanol–water partition coefficient (Wildman–Crippen LogP) is 4.33. The van der Waals surface area contributed by atoms with Crippen LogP contribution >= 0.6 is 0 Å². The van der Waals surface area contributed by atoms with Crippen LogP contribution in [0.1, 0.15) is 52.5 Å². The summed E-state index contributed by atoms with van der Waals surface area (Å²) in [5, 5.41) is 2.39. The molecule has 1 unspecified atom stereocenters. The van der Waals surface area contributed by atoms with Crippen molar-refractivity contribution in [1.82, 2.24) is 5.32 Å².